The van der Waals surface area contributed by atoms with E-state index in [1.807, 2.05) is 48.5 Å². The second-order valence-electron chi connectivity index (χ2n) is 8.26. The number of anilines is 3. The molecule has 7 heteroatoms. The van der Waals surface area contributed by atoms with Gasteiger partial charge in [0.2, 0.25) is 0 Å². The van der Waals surface area contributed by atoms with Gasteiger partial charge in [-0.3, -0.25) is 9.69 Å². The summed E-state index contributed by atoms with van der Waals surface area (Å²) in [7, 11) is 1.60. The molecule has 1 aliphatic heterocycles. The van der Waals surface area contributed by atoms with Gasteiger partial charge in [-0.25, -0.2) is 4.79 Å². The molecule has 0 radical (unpaired) electrons. The summed E-state index contributed by atoms with van der Waals surface area (Å²) in [5.41, 5.74) is 4.24. The predicted molar refractivity (Wildman–Crippen MR) is 135 cm³/mol. The number of carbonyl (C=O) groups is 2. The number of methoxy groups -OCH3 is 1. The van der Waals surface area contributed by atoms with Crippen LogP contribution in [-0.2, 0) is 4.79 Å². The molecule has 3 aromatic rings. The highest BCUT2D eigenvalue weighted by Gasteiger charge is 2.40. The number of Topliss-reactive ketones (excluding diaryl/α,β-unsaturated/α-hetero) is 1. The van der Waals surface area contributed by atoms with Gasteiger partial charge in [0.1, 0.15) is 5.75 Å². The molecule has 5 rings (SSSR count). The third-order valence-corrected chi connectivity index (χ3v) is 6.44. The number of rotatable bonds is 3. The number of carbonyl (C=O) groups excluding carboxylic acids is 2. The fraction of sp³-hybridized carbons (Fsp3) is 0.185. The fourth-order valence-electron chi connectivity index (χ4n) is 4.66. The number of halogens is 1. The summed E-state index contributed by atoms with van der Waals surface area (Å²) in [6.45, 7) is 0. The molecule has 2 amide bonds. The van der Waals surface area contributed by atoms with Crippen molar-refractivity contribution >= 4 is 40.5 Å². The van der Waals surface area contributed by atoms with Crippen molar-refractivity contribution in [1.82, 2.24) is 0 Å². The van der Waals surface area contributed by atoms with Crippen molar-refractivity contribution in [3.8, 4) is 5.75 Å². The van der Waals surface area contributed by atoms with Crippen molar-refractivity contribution in [2.75, 3.05) is 22.6 Å². The zero-order valence-corrected chi connectivity index (χ0v) is 19.4. The molecule has 6 nitrogen and oxygen atoms in total. The van der Waals surface area contributed by atoms with Crippen LogP contribution in [-0.4, -0.2) is 18.9 Å². The summed E-state index contributed by atoms with van der Waals surface area (Å²) in [6.07, 6.45) is 1.94. The Bertz CT molecular complexity index is 1290. The van der Waals surface area contributed by atoms with E-state index in [9.17, 15) is 9.59 Å². The number of ether oxygens (including phenoxy) is 1. The lowest BCUT2D eigenvalue weighted by molar-refractivity contribution is -0.116. The molecule has 34 heavy (non-hydrogen) atoms. The second-order valence-corrected chi connectivity index (χ2v) is 8.70. The first-order chi connectivity index (χ1) is 16.6. The predicted octanol–water partition coefficient (Wildman–Crippen LogP) is 6.56. The first kappa shape index (κ1) is 22.0. The van der Waals surface area contributed by atoms with Crippen molar-refractivity contribution in [1.29, 1.82) is 0 Å². The summed E-state index contributed by atoms with van der Waals surface area (Å²) in [6, 6.07) is 21.0. The highest BCUT2D eigenvalue weighted by atomic mass is 35.5. The zero-order chi connectivity index (χ0) is 23.7. The minimum absolute atomic E-state index is 0.0294. The quantitative estimate of drug-likeness (QED) is 0.452. The average Bonchev–Trinajstić information content (AvgIpc) is 3.00. The molecule has 0 bridgehead atoms. The number of amides is 2. The minimum atomic E-state index is -0.664. The summed E-state index contributed by atoms with van der Waals surface area (Å²) >= 11 is 6.03. The number of urea groups is 1. The van der Waals surface area contributed by atoms with Crippen LogP contribution < -0.4 is 20.3 Å². The van der Waals surface area contributed by atoms with Crippen molar-refractivity contribution in [3.05, 3.63) is 94.7 Å². The number of ketones is 1. The lowest BCUT2D eigenvalue weighted by atomic mass is 9.85. The van der Waals surface area contributed by atoms with E-state index in [4.69, 9.17) is 16.3 Å². The number of para-hydroxylation sites is 3. The summed E-state index contributed by atoms with van der Waals surface area (Å²) in [5.74, 6) is 0.642. The van der Waals surface area contributed by atoms with E-state index in [1.54, 1.807) is 36.3 Å². The van der Waals surface area contributed by atoms with E-state index in [1.165, 1.54) is 0 Å². The third kappa shape index (κ3) is 4.01. The van der Waals surface area contributed by atoms with Gasteiger partial charge in [0.05, 0.1) is 24.5 Å². The Morgan fingerprint density at radius 3 is 2.56 bits per heavy atom. The van der Waals surface area contributed by atoms with Gasteiger partial charge in [-0.2, -0.15) is 0 Å². The fourth-order valence-corrected chi connectivity index (χ4v) is 4.79. The van der Waals surface area contributed by atoms with Gasteiger partial charge >= 0.3 is 6.03 Å². The van der Waals surface area contributed by atoms with E-state index in [0.717, 1.165) is 29.8 Å². The highest BCUT2D eigenvalue weighted by Crippen LogP contribution is 2.46. The van der Waals surface area contributed by atoms with Crippen LogP contribution in [0.25, 0.3) is 0 Å². The summed E-state index contributed by atoms with van der Waals surface area (Å²) < 4.78 is 5.67. The first-order valence-electron chi connectivity index (χ1n) is 11.2. The van der Waals surface area contributed by atoms with E-state index in [-0.39, 0.29) is 11.8 Å². The molecule has 3 aromatic carbocycles. The van der Waals surface area contributed by atoms with Crippen LogP contribution in [0.15, 0.2) is 84.1 Å². The zero-order valence-electron chi connectivity index (χ0n) is 18.7. The maximum atomic E-state index is 13.9. The standard InChI is InChI=1S/C27H24ClN3O3/c1-34-24-12-5-2-7-19(24)26-25-21(9-6-11-23(25)32)30-20-8-3-4-10-22(20)31(26)27(33)29-18-15-13-17(28)14-16-18/h2-5,7-8,10,12-16,26,30H,6,9,11H2,1H3,(H,29,33). The molecule has 2 N–H and O–H groups in total. The Morgan fingerprint density at radius 1 is 1.03 bits per heavy atom. The molecular weight excluding hydrogens is 450 g/mol. The molecule has 172 valence electrons. The van der Waals surface area contributed by atoms with Crippen LogP contribution in [0.3, 0.4) is 0 Å². The number of hydrogen-bond donors (Lipinski definition) is 2. The average molecular weight is 474 g/mol. The van der Waals surface area contributed by atoms with Crippen molar-refractivity contribution in [2.24, 2.45) is 0 Å². The van der Waals surface area contributed by atoms with Gasteiger partial charge < -0.3 is 15.4 Å². The highest BCUT2D eigenvalue weighted by molar-refractivity contribution is 6.30. The largest absolute Gasteiger partial charge is 0.496 e. The summed E-state index contributed by atoms with van der Waals surface area (Å²) in [5, 5.41) is 7.03. The Hall–Kier alpha value is -3.77. The van der Waals surface area contributed by atoms with Gasteiger partial charge in [-0.05, 0) is 55.3 Å². The lowest BCUT2D eigenvalue weighted by Crippen LogP contribution is -2.40. The van der Waals surface area contributed by atoms with Crippen LogP contribution in [0, 0.1) is 0 Å². The van der Waals surface area contributed by atoms with E-state index < -0.39 is 6.04 Å². The Morgan fingerprint density at radius 2 is 1.76 bits per heavy atom. The number of fused-ring (bicyclic) bond motifs is 1. The van der Waals surface area contributed by atoms with Gasteiger partial charge in [-0.15, -0.1) is 0 Å². The van der Waals surface area contributed by atoms with E-state index >= 15 is 0 Å². The number of allylic oxidation sites excluding steroid dienone is 1. The van der Waals surface area contributed by atoms with Crippen molar-refractivity contribution in [3.63, 3.8) is 0 Å². The number of benzene rings is 3. The van der Waals surface area contributed by atoms with Crippen LogP contribution in [0.2, 0.25) is 5.02 Å². The maximum absolute atomic E-state index is 13.9. The monoisotopic (exact) mass is 473 g/mol. The molecule has 0 aromatic heterocycles. The lowest BCUT2D eigenvalue weighted by Gasteiger charge is -2.34. The SMILES string of the molecule is COc1ccccc1C1C2=C(CCCC2=O)Nc2ccccc2N1C(=O)Nc1ccc(Cl)cc1. The van der Waals surface area contributed by atoms with Crippen LogP contribution >= 0.6 is 11.6 Å². The number of hydrogen-bond acceptors (Lipinski definition) is 4. The smallest absolute Gasteiger partial charge is 0.327 e. The molecule has 1 heterocycles. The molecule has 1 unspecified atom stereocenters. The second kappa shape index (κ2) is 9.23. The molecule has 1 aliphatic carbocycles. The Balaban J connectivity index is 1.72. The van der Waals surface area contributed by atoms with E-state index in [0.29, 0.717) is 34.1 Å². The van der Waals surface area contributed by atoms with Crippen molar-refractivity contribution < 1.29 is 14.3 Å². The molecule has 1 atom stereocenters. The molecular formula is C27H24ClN3O3. The minimum Gasteiger partial charge on any atom is -0.496 e. The molecule has 0 saturated heterocycles. The Labute approximate surface area is 203 Å². The van der Waals surface area contributed by atoms with Crippen LogP contribution in [0.1, 0.15) is 30.9 Å². The van der Waals surface area contributed by atoms with Gasteiger partial charge in [0.15, 0.2) is 5.78 Å². The molecule has 0 spiro atoms. The van der Waals surface area contributed by atoms with Gasteiger partial charge in [0, 0.05) is 34.0 Å². The van der Waals surface area contributed by atoms with Crippen LogP contribution in [0.5, 0.6) is 5.75 Å². The first-order valence-corrected chi connectivity index (χ1v) is 11.6. The Kier molecular flexibility index (Phi) is 5.99. The molecule has 0 fully saturated rings. The maximum Gasteiger partial charge on any atom is 0.327 e. The third-order valence-electron chi connectivity index (χ3n) is 6.18. The van der Waals surface area contributed by atoms with Crippen LogP contribution in [0.4, 0.5) is 21.9 Å². The molecule has 2 aliphatic rings. The topological polar surface area (TPSA) is 70.7 Å². The van der Waals surface area contributed by atoms with Crippen molar-refractivity contribution in [2.45, 2.75) is 25.3 Å². The number of nitrogens with zero attached hydrogens (tertiary/aromatic N) is 1. The van der Waals surface area contributed by atoms with E-state index in [2.05, 4.69) is 10.6 Å². The normalized spacial score (nSPS) is 17.3. The summed E-state index contributed by atoms with van der Waals surface area (Å²) in [4.78, 5) is 28.9. The van der Waals surface area contributed by atoms with Gasteiger partial charge in [0.25, 0.3) is 0 Å². The number of nitrogens with one attached hydrogen (secondary N) is 2. The molecule has 0 saturated carbocycles. The van der Waals surface area contributed by atoms with Gasteiger partial charge in [-0.1, -0.05) is 41.9 Å².